The fraction of sp³-hybridized carbons (Fsp3) is 0.600. The van der Waals surface area contributed by atoms with E-state index in [1.807, 2.05) is 12.1 Å². The first-order valence-corrected chi connectivity index (χ1v) is 7.88. The van der Waals surface area contributed by atoms with Gasteiger partial charge in [0.2, 0.25) is 0 Å². The molecule has 0 aliphatic rings. The number of hydrogen-bond acceptors (Lipinski definition) is 2. The van der Waals surface area contributed by atoms with Gasteiger partial charge in [-0.1, -0.05) is 39.8 Å². The molecule has 0 spiro atoms. The summed E-state index contributed by atoms with van der Waals surface area (Å²) in [5.41, 5.74) is 1.43. The number of hydrogen-bond donors (Lipinski definition) is 1. The van der Waals surface area contributed by atoms with E-state index < -0.39 is 10.8 Å². The molecule has 1 aromatic carbocycles. The smallest absolute Gasteiger partial charge is 0.0545 e. The van der Waals surface area contributed by atoms with Crippen LogP contribution in [0.15, 0.2) is 29.2 Å². The number of nitrogens with one attached hydrogen (secondary N) is 1. The molecule has 1 aromatic rings. The van der Waals surface area contributed by atoms with E-state index in [-0.39, 0.29) is 11.5 Å². The molecule has 0 bridgehead atoms. The van der Waals surface area contributed by atoms with E-state index in [0.717, 1.165) is 11.4 Å². The van der Waals surface area contributed by atoms with Crippen LogP contribution in [0.4, 0.5) is 0 Å². The Morgan fingerprint density at radius 1 is 1.22 bits per heavy atom. The summed E-state index contributed by atoms with van der Waals surface area (Å²) >= 11 is 0. The first-order valence-electron chi connectivity index (χ1n) is 6.57. The summed E-state index contributed by atoms with van der Waals surface area (Å²) in [4.78, 5) is 0.924. The quantitative estimate of drug-likeness (QED) is 0.888. The normalized spacial score (nSPS) is 15.4. The van der Waals surface area contributed by atoms with Crippen LogP contribution in [0.3, 0.4) is 0 Å². The average molecular weight is 267 g/mol. The van der Waals surface area contributed by atoms with Gasteiger partial charge in [0, 0.05) is 16.7 Å². The van der Waals surface area contributed by atoms with Crippen molar-refractivity contribution in [2.45, 2.75) is 51.0 Å². The molecule has 0 aliphatic heterocycles. The van der Waals surface area contributed by atoms with Crippen molar-refractivity contribution in [1.82, 2.24) is 5.32 Å². The summed E-state index contributed by atoms with van der Waals surface area (Å²) in [5, 5.41) is 3.29. The third-order valence-corrected chi connectivity index (χ3v) is 4.54. The van der Waals surface area contributed by atoms with E-state index >= 15 is 0 Å². The van der Waals surface area contributed by atoms with Gasteiger partial charge in [0.1, 0.15) is 0 Å². The van der Waals surface area contributed by atoms with Gasteiger partial charge in [0.15, 0.2) is 0 Å². The molecular formula is C15H25NOS. The third-order valence-electron chi connectivity index (χ3n) is 2.94. The summed E-state index contributed by atoms with van der Waals surface area (Å²) in [6.07, 6.45) is 0. The molecule has 2 unspecified atom stereocenters. The van der Waals surface area contributed by atoms with Crippen LogP contribution in [0.5, 0.6) is 0 Å². The second-order valence-electron chi connectivity index (χ2n) is 5.75. The Bertz CT molecular complexity index is 392. The van der Waals surface area contributed by atoms with E-state index in [4.69, 9.17) is 0 Å². The first kappa shape index (κ1) is 15.4. The maximum Gasteiger partial charge on any atom is 0.0545 e. The average Bonchev–Trinajstić information content (AvgIpc) is 2.28. The topological polar surface area (TPSA) is 29.1 Å². The lowest BCUT2D eigenvalue weighted by molar-refractivity contribution is 0.589. The highest BCUT2D eigenvalue weighted by atomic mass is 32.2. The minimum atomic E-state index is -0.913. The third kappa shape index (κ3) is 4.54. The van der Waals surface area contributed by atoms with Gasteiger partial charge in [0.25, 0.3) is 0 Å². The van der Waals surface area contributed by atoms with Crippen molar-refractivity contribution < 1.29 is 4.21 Å². The number of rotatable bonds is 5. The fourth-order valence-corrected chi connectivity index (χ4v) is 3.04. The summed E-state index contributed by atoms with van der Waals surface area (Å²) < 4.78 is 12.2. The molecule has 2 atom stereocenters. The van der Waals surface area contributed by atoms with E-state index in [0.29, 0.717) is 5.75 Å². The summed E-state index contributed by atoms with van der Waals surface area (Å²) in [5.74, 6) is 0.669. The molecule has 0 saturated carbocycles. The van der Waals surface area contributed by atoms with Gasteiger partial charge >= 0.3 is 0 Å². The molecule has 0 aliphatic carbocycles. The molecule has 0 radical (unpaired) electrons. The van der Waals surface area contributed by atoms with Crippen LogP contribution in [-0.4, -0.2) is 22.5 Å². The van der Waals surface area contributed by atoms with Crippen molar-refractivity contribution in [2.24, 2.45) is 0 Å². The predicted molar refractivity (Wildman–Crippen MR) is 79.6 cm³/mol. The van der Waals surface area contributed by atoms with Crippen molar-refractivity contribution in [1.29, 1.82) is 0 Å². The van der Waals surface area contributed by atoms with Crippen LogP contribution in [0.25, 0.3) is 0 Å². The van der Waals surface area contributed by atoms with E-state index in [1.165, 1.54) is 5.56 Å². The van der Waals surface area contributed by atoms with Gasteiger partial charge in [-0.25, -0.2) is 0 Å². The highest BCUT2D eigenvalue weighted by Gasteiger charge is 2.14. The van der Waals surface area contributed by atoms with Gasteiger partial charge in [-0.05, 0) is 36.6 Å². The molecule has 0 aromatic heterocycles. The second-order valence-corrected chi connectivity index (χ2v) is 7.24. The Labute approximate surface area is 114 Å². The fourth-order valence-electron chi connectivity index (χ4n) is 1.84. The van der Waals surface area contributed by atoms with Crippen LogP contribution in [0.1, 0.15) is 40.2 Å². The molecule has 1 N–H and O–H groups in total. The van der Waals surface area contributed by atoms with Gasteiger partial charge in [0.05, 0.1) is 10.8 Å². The van der Waals surface area contributed by atoms with E-state index in [2.05, 4.69) is 52.1 Å². The van der Waals surface area contributed by atoms with Crippen molar-refractivity contribution in [2.75, 3.05) is 12.3 Å². The standard InChI is InChI=1S/C15H25NOS/c1-6-16-12(2)11-18(17)14-9-7-13(8-10-14)15(3,4)5/h7-10,12,16H,6,11H2,1-5H3. The molecule has 3 heteroatoms. The SMILES string of the molecule is CCNC(C)CS(=O)c1ccc(C(C)(C)C)cc1. The Balaban J connectivity index is 2.71. The lowest BCUT2D eigenvalue weighted by Crippen LogP contribution is -2.30. The van der Waals surface area contributed by atoms with E-state index in [9.17, 15) is 4.21 Å². The van der Waals surface area contributed by atoms with Crippen LogP contribution in [-0.2, 0) is 16.2 Å². The zero-order valence-corrected chi connectivity index (χ0v) is 12.9. The van der Waals surface area contributed by atoms with Gasteiger partial charge in [-0.15, -0.1) is 0 Å². The summed E-state index contributed by atoms with van der Waals surface area (Å²) in [7, 11) is -0.913. The molecule has 0 amide bonds. The Morgan fingerprint density at radius 3 is 2.22 bits per heavy atom. The highest BCUT2D eigenvalue weighted by Crippen LogP contribution is 2.23. The van der Waals surface area contributed by atoms with Crippen molar-refractivity contribution in [3.05, 3.63) is 29.8 Å². The lowest BCUT2D eigenvalue weighted by atomic mass is 9.87. The van der Waals surface area contributed by atoms with Gasteiger partial charge < -0.3 is 5.32 Å². The second kappa shape index (κ2) is 6.48. The van der Waals surface area contributed by atoms with Gasteiger partial charge in [-0.3, -0.25) is 4.21 Å². The van der Waals surface area contributed by atoms with Crippen LogP contribution in [0, 0.1) is 0 Å². The van der Waals surface area contributed by atoms with Crippen molar-refractivity contribution in [3.8, 4) is 0 Å². The Morgan fingerprint density at radius 2 is 1.78 bits per heavy atom. The van der Waals surface area contributed by atoms with Crippen LogP contribution in [0.2, 0.25) is 0 Å². The molecule has 0 fully saturated rings. The highest BCUT2D eigenvalue weighted by molar-refractivity contribution is 7.85. The lowest BCUT2D eigenvalue weighted by Gasteiger charge is -2.19. The molecule has 18 heavy (non-hydrogen) atoms. The molecule has 102 valence electrons. The minimum Gasteiger partial charge on any atom is -0.314 e. The molecular weight excluding hydrogens is 242 g/mol. The zero-order chi connectivity index (χ0) is 13.8. The molecule has 0 heterocycles. The van der Waals surface area contributed by atoms with Gasteiger partial charge in [-0.2, -0.15) is 0 Å². The summed E-state index contributed by atoms with van der Waals surface area (Å²) in [6.45, 7) is 11.6. The first-order chi connectivity index (χ1) is 8.34. The van der Waals surface area contributed by atoms with Crippen LogP contribution >= 0.6 is 0 Å². The maximum absolute atomic E-state index is 12.2. The molecule has 1 rings (SSSR count). The Kier molecular flexibility index (Phi) is 5.54. The number of benzene rings is 1. The minimum absolute atomic E-state index is 0.150. The monoisotopic (exact) mass is 267 g/mol. The predicted octanol–water partition coefficient (Wildman–Crippen LogP) is 3.09. The Hall–Kier alpha value is -0.670. The largest absolute Gasteiger partial charge is 0.314 e. The maximum atomic E-state index is 12.2. The van der Waals surface area contributed by atoms with Crippen molar-refractivity contribution in [3.63, 3.8) is 0 Å². The summed E-state index contributed by atoms with van der Waals surface area (Å²) in [6, 6.07) is 8.46. The molecule has 0 saturated heterocycles. The zero-order valence-electron chi connectivity index (χ0n) is 12.1. The van der Waals surface area contributed by atoms with Crippen molar-refractivity contribution >= 4 is 10.8 Å². The van der Waals surface area contributed by atoms with Crippen LogP contribution < -0.4 is 5.32 Å². The molecule has 2 nitrogen and oxygen atoms in total. The van der Waals surface area contributed by atoms with E-state index in [1.54, 1.807) is 0 Å².